The number of hydrogen-bond donors (Lipinski definition) is 2. The number of amidine groups is 1. The van der Waals surface area contributed by atoms with E-state index in [4.69, 9.17) is 27.5 Å². The molecule has 0 aliphatic rings. The molecule has 2 rings (SSSR count). The molecular weight excluding hydrogens is 340 g/mol. The molecule has 1 aromatic carbocycles. The fraction of sp³-hybridized carbons (Fsp3) is 0.214. The standard InChI is InChI=1S/C14H15ClN4OS2/c1-20-9-5-3-8(4-6-9)7-10-11(15)18-14(21-2)19-12(10)22-13(16)17/h3-6H,7H2,1-2H3,(H3,16,17)/p+1. The van der Waals surface area contributed by atoms with E-state index >= 15 is 0 Å². The molecule has 0 spiro atoms. The van der Waals surface area contributed by atoms with E-state index in [1.54, 1.807) is 7.11 Å². The van der Waals surface area contributed by atoms with Crippen LogP contribution in [0.3, 0.4) is 0 Å². The fourth-order valence-electron chi connectivity index (χ4n) is 1.80. The monoisotopic (exact) mass is 355 g/mol. The number of benzene rings is 1. The third-order valence-corrected chi connectivity index (χ3v) is 4.46. The van der Waals surface area contributed by atoms with Crippen LogP contribution in [0.2, 0.25) is 5.15 Å². The quantitative estimate of drug-likeness (QED) is 0.278. The predicted octanol–water partition coefficient (Wildman–Crippen LogP) is 1.62. The van der Waals surface area contributed by atoms with E-state index in [1.807, 2.05) is 30.5 Å². The number of nitrogens with zero attached hydrogens (tertiary/aromatic N) is 2. The Morgan fingerprint density at radius 2 is 2.00 bits per heavy atom. The van der Waals surface area contributed by atoms with Crippen LogP contribution in [0.1, 0.15) is 11.1 Å². The lowest BCUT2D eigenvalue weighted by molar-refractivity contribution is -0.110. The predicted molar refractivity (Wildman–Crippen MR) is 91.6 cm³/mol. The Labute approximate surface area is 142 Å². The van der Waals surface area contributed by atoms with Crippen LogP contribution < -0.4 is 15.9 Å². The van der Waals surface area contributed by atoms with Gasteiger partial charge in [0, 0.05) is 23.7 Å². The van der Waals surface area contributed by atoms with Crippen molar-refractivity contribution in [2.75, 3.05) is 13.4 Å². The first-order valence-corrected chi connectivity index (χ1v) is 8.74. The minimum atomic E-state index is 0.220. The molecule has 4 N–H and O–H groups in total. The number of rotatable bonds is 5. The molecule has 1 heterocycles. The molecule has 2 aromatic rings. The lowest BCUT2D eigenvalue weighted by Gasteiger charge is -2.10. The number of hydrogen-bond acceptors (Lipinski definition) is 5. The van der Waals surface area contributed by atoms with E-state index in [9.17, 15) is 0 Å². The molecule has 0 aliphatic heterocycles. The summed E-state index contributed by atoms with van der Waals surface area (Å²) in [6, 6.07) is 7.75. The minimum Gasteiger partial charge on any atom is -0.497 e. The molecule has 0 bridgehead atoms. The average molecular weight is 356 g/mol. The largest absolute Gasteiger partial charge is 0.497 e. The van der Waals surface area contributed by atoms with Crippen molar-refractivity contribution >= 4 is 40.3 Å². The maximum atomic E-state index is 6.31. The van der Waals surface area contributed by atoms with Gasteiger partial charge in [0.05, 0.1) is 7.11 Å². The van der Waals surface area contributed by atoms with Gasteiger partial charge in [-0.2, -0.15) is 0 Å². The number of ether oxygens (including phenoxy) is 1. The van der Waals surface area contributed by atoms with Crippen LogP contribution in [0.25, 0.3) is 0 Å². The molecule has 5 nitrogen and oxygen atoms in total. The summed E-state index contributed by atoms with van der Waals surface area (Å²) in [5.41, 5.74) is 7.48. The highest BCUT2D eigenvalue weighted by atomic mass is 35.5. The van der Waals surface area contributed by atoms with Crippen molar-refractivity contribution in [1.29, 1.82) is 0 Å². The molecular formula is C14H16ClN4OS2+. The van der Waals surface area contributed by atoms with Crippen LogP contribution in [0.4, 0.5) is 0 Å². The second-order valence-electron chi connectivity index (χ2n) is 4.31. The highest BCUT2D eigenvalue weighted by Crippen LogP contribution is 2.29. The summed E-state index contributed by atoms with van der Waals surface area (Å²) in [4.78, 5) is 8.72. The van der Waals surface area contributed by atoms with Gasteiger partial charge in [-0.25, -0.2) is 9.97 Å². The van der Waals surface area contributed by atoms with E-state index in [0.29, 0.717) is 21.8 Å². The van der Waals surface area contributed by atoms with Gasteiger partial charge in [0.15, 0.2) is 5.16 Å². The number of aromatic nitrogens is 2. The Balaban J connectivity index is 2.36. The summed E-state index contributed by atoms with van der Waals surface area (Å²) < 4.78 is 5.16. The summed E-state index contributed by atoms with van der Waals surface area (Å²) in [5, 5.41) is 7.50. The second kappa shape index (κ2) is 7.71. The van der Waals surface area contributed by atoms with Gasteiger partial charge in [-0.1, -0.05) is 35.5 Å². The number of thioether (sulfide) groups is 2. The topological polar surface area (TPSA) is 86.6 Å². The number of nitrogens with two attached hydrogens (primary N) is 2. The van der Waals surface area contributed by atoms with Gasteiger partial charge < -0.3 is 4.74 Å². The van der Waals surface area contributed by atoms with Crippen LogP contribution in [0.5, 0.6) is 5.75 Å². The first-order chi connectivity index (χ1) is 10.5. The Hall–Kier alpha value is -1.44. The van der Waals surface area contributed by atoms with Crippen LogP contribution in [0, 0.1) is 0 Å². The summed E-state index contributed by atoms with van der Waals surface area (Å²) in [6.45, 7) is 0. The zero-order chi connectivity index (χ0) is 16.1. The Bertz CT molecular complexity index is 679. The molecule has 0 amide bonds. The van der Waals surface area contributed by atoms with Gasteiger partial charge in [-0.3, -0.25) is 11.1 Å². The van der Waals surface area contributed by atoms with Gasteiger partial charge in [0.25, 0.3) is 0 Å². The minimum absolute atomic E-state index is 0.220. The van der Waals surface area contributed by atoms with Crippen LogP contribution >= 0.6 is 35.1 Å². The Morgan fingerprint density at radius 3 is 2.55 bits per heavy atom. The molecule has 0 unspecified atom stereocenters. The van der Waals surface area contributed by atoms with Crippen molar-refractivity contribution in [1.82, 2.24) is 9.97 Å². The van der Waals surface area contributed by atoms with E-state index in [2.05, 4.69) is 9.97 Å². The SMILES string of the molecule is COc1ccc(Cc2c(Cl)nc(SC)nc2SC(N)=[NH2+])cc1. The normalized spacial score (nSPS) is 10.5. The smallest absolute Gasteiger partial charge is 0.306 e. The molecule has 0 saturated heterocycles. The van der Waals surface area contributed by atoms with E-state index in [-0.39, 0.29) is 5.17 Å². The van der Waals surface area contributed by atoms with Crippen molar-refractivity contribution in [3.05, 3.63) is 40.5 Å². The summed E-state index contributed by atoms with van der Waals surface area (Å²) in [5.74, 6) is 0.804. The fourth-order valence-corrected chi connectivity index (χ4v) is 3.22. The maximum absolute atomic E-state index is 6.31. The number of halogens is 1. The lowest BCUT2D eigenvalue weighted by atomic mass is 10.1. The Morgan fingerprint density at radius 1 is 1.32 bits per heavy atom. The molecule has 0 radical (unpaired) electrons. The second-order valence-corrected chi connectivity index (χ2v) is 6.51. The van der Waals surface area contributed by atoms with Crippen LogP contribution in [-0.2, 0) is 6.42 Å². The Kier molecular flexibility index (Phi) is 5.93. The highest BCUT2D eigenvalue weighted by molar-refractivity contribution is 8.13. The van der Waals surface area contributed by atoms with Crippen molar-refractivity contribution in [3.8, 4) is 5.75 Å². The molecule has 116 valence electrons. The van der Waals surface area contributed by atoms with Crippen LogP contribution in [-0.4, -0.2) is 28.5 Å². The van der Waals surface area contributed by atoms with E-state index in [1.165, 1.54) is 23.5 Å². The van der Waals surface area contributed by atoms with Gasteiger partial charge in [-0.15, -0.1) is 0 Å². The molecule has 0 aliphatic carbocycles. The van der Waals surface area contributed by atoms with Gasteiger partial charge in [-0.05, 0) is 24.0 Å². The third-order valence-electron chi connectivity index (χ3n) is 2.84. The maximum Gasteiger partial charge on any atom is 0.306 e. The average Bonchev–Trinajstić information content (AvgIpc) is 2.50. The summed E-state index contributed by atoms with van der Waals surface area (Å²) in [6.07, 6.45) is 2.48. The van der Waals surface area contributed by atoms with Crippen molar-refractivity contribution in [2.45, 2.75) is 16.6 Å². The molecule has 0 atom stereocenters. The van der Waals surface area contributed by atoms with Gasteiger partial charge in [0.2, 0.25) is 0 Å². The summed E-state index contributed by atoms with van der Waals surface area (Å²) in [7, 11) is 1.63. The van der Waals surface area contributed by atoms with Crippen molar-refractivity contribution in [2.24, 2.45) is 5.73 Å². The zero-order valence-electron chi connectivity index (χ0n) is 12.2. The van der Waals surface area contributed by atoms with Gasteiger partial charge in [0.1, 0.15) is 15.9 Å². The lowest BCUT2D eigenvalue weighted by Crippen LogP contribution is -2.43. The zero-order valence-corrected chi connectivity index (χ0v) is 14.6. The van der Waals surface area contributed by atoms with Crippen LogP contribution in [0.15, 0.2) is 34.4 Å². The third kappa shape index (κ3) is 4.28. The number of methoxy groups -OCH3 is 1. The molecule has 22 heavy (non-hydrogen) atoms. The van der Waals surface area contributed by atoms with E-state index < -0.39 is 0 Å². The van der Waals surface area contributed by atoms with E-state index in [0.717, 1.165) is 16.9 Å². The molecule has 0 saturated carbocycles. The van der Waals surface area contributed by atoms with Crippen molar-refractivity contribution in [3.63, 3.8) is 0 Å². The summed E-state index contributed by atoms with van der Waals surface area (Å²) >= 11 is 8.92. The molecule has 8 heteroatoms. The molecule has 0 fully saturated rings. The first kappa shape index (κ1) is 16.9. The molecule has 1 aromatic heterocycles. The highest BCUT2D eigenvalue weighted by Gasteiger charge is 2.16. The van der Waals surface area contributed by atoms with Gasteiger partial charge >= 0.3 is 5.17 Å². The van der Waals surface area contributed by atoms with Crippen molar-refractivity contribution < 1.29 is 10.1 Å². The first-order valence-electron chi connectivity index (χ1n) is 6.32.